The lowest BCUT2D eigenvalue weighted by Crippen LogP contribution is -2.21. The van der Waals surface area contributed by atoms with Crippen LogP contribution in [0, 0.1) is 0 Å². The molecule has 15 heteroatoms. The summed E-state index contributed by atoms with van der Waals surface area (Å²) in [6.45, 7) is 0. The molecule has 10 aromatic rings. The van der Waals surface area contributed by atoms with Gasteiger partial charge < -0.3 is 4.98 Å². The van der Waals surface area contributed by atoms with Crippen LogP contribution in [0.5, 0.6) is 0 Å². The smallest absolute Gasteiger partial charge is 0.306 e. The third-order valence-corrected chi connectivity index (χ3v) is 11.1. The minimum Gasteiger partial charge on any atom is -0.306 e. The van der Waals surface area contributed by atoms with Gasteiger partial charge in [-0.05, 0) is 103 Å². The zero-order valence-corrected chi connectivity index (χ0v) is 31.8. The van der Waals surface area contributed by atoms with Gasteiger partial charge in [0.25, 0.3) is 5.56 Å². The molecule has 51 heavy (non-hydrogen) atoms. The van der Waals surface area contributed by atoms with Crippen molar-refractivity contribution in [1.82, 2.24) is 19.9 Å². The van der Waals surface area contributed by atoms with Crippen LogP contribution in [0.25, 0.3) is 83.7 Å². The Balaban J connectivity index is 0.000000130. The Morgan fingerprint density at radius 2 is 1.04 bits per heavy atom. The average molecular weight is 827 g/mol. The molecule has 0 aliphatic rings. The van der Waals surface area contributed by atoms with Crippen LogP contribution in [0.15, 0.2) is 107 Å². The first-order valence-corrected chi connectivity index (χ1v) is 21.8. The minimum absolute atomic E-state index is 0.176. The number of H-pyrrole nitrogens is 2. The van der Waals surface area contributed by atoms with Crippen LogP contribution in [0.1, 0.15) is 0 Å². The molecule has 252 valence electrons. The predicted molar refractivity (Wildman–Crippen MR) is 221 cm³/mol. The molecule has 2 N–H and O–H groups in total. The summed E-state index contributed by atoms with van der Waals surface area (Å²) in [5, 5.41) is 7.73. The standard InChI is InChI=1S/C18H8Cl2N2S.C18H10N2O2S.Cl3OP/c19-17-11-6-8-13-15(16(11)21-18(20)22-17)14-10-4-2-1-3-9(10)5-7-12(14)23-13;21-17-11-6-8-13-15(16(11)19-18(22)20-17)14-10-4-2-1-3-9(10)5-7-12(14)23-13;1-5(2,3)4/h1-8H;1-8H,(H2,19,20,21,22);. The van der Waals surface area contributed by atoms with Crippen LogP contribution in [0.3, 0.4) is 0 Å². The highest BCUT2D eigenvalue weighted by Crippen LogP contribution is 2.61. The number of aromatic amines is 2. The number of nitrogens with zero attached hydrogens (tertiary/aromatic N) is 2. The Labute approximate surface area is 319 Å². The molecule has 0 saturated heterocycles. The molecule has 0 saturated carbocycles. The summed E-state index contributed by atoms with van der Waals surface area (Å²) in [7, 11) is 0. The fraction of sp³-hybridized carbons (Fsp3) is 0. The minimum atomic E-state index is -3.22. The van der Waals surface area contributed by atoms with E-state index in [9.17, 15) is 14.2 Å². The third kappa shape index (κ3) is 6.47. The van der Waals surface area contributed by atoms with Crippen molar-refractivity contribution < 1.29 is 4.57 Å². The van der Waals surface area contributed by atoms with Crippen LogP contribution in [-0.2, 0) is 4.57 Å². The van der Waals surface area contributed by atoms with Crippen molar-refractivity contribution in [2.24, 2.45) is 0 Å². The Morgan fingerprint density at radius 3 is 1.65 bits per heavy atom. The molecule has 0 unspecified atom stereocenters. The quantitative estimate of drug-likeness (QED) is 0.0899. The van der Waals surface area contributed by atoms with Gasteiger partial charge in [0.15, 0.2) is 0 Å². The van der Waals surface area contributed by atoms with Gasteiger partial charge in [-0.3, -0.25) is 14.3 Å². The molecule has 0 bridgehead atoms. The molecule has 0 spiro atoms. The molecule has 6 aromatic carbocycles. The van der Waals surface area contributed by atoms with E-state index >= 15 is 0 Å². The Kier molecular flexibility index (Phi) is 8.98. The molecule has 4 aromatic heterocycles. The lowest BCUT2D eigenvalue weighted by Gasteiger charge is -2.04. The van der Waals surface area contributed by atoms with Crippen molar-refractivity contribution in [3.63, 3.8) is 0 Å². The fourth-order valence-electron chi connectivity index (χ4n) is 6.42. The van der Waals surface area contributed by atoms with E-state index in [4.69, 9.17) is 23.2 Å². The van der Waals surface area contributed by atoms with Gasteiger partial charge in [-0.2, -0.15) is 0 Å². The van der Waals surface area contributed by atoms with E-state index in [1.54, 1.807) is 28.7 Å². The maximum Gasteiger partial charge on any atom is 0.339 e. The van der Waals surface area contributed by atoms with Crippen molar-refractivity contribution in [3.8, 4) is 0 Å². The molecule has 0 aliphatic heterocycles. The van der Waals surface area contributed by atoms with E-state index in [-0.39, 0.29) is 10.8 Å². The second kappa shape index (κ2) is 13.3. The van der Waals surface area contributed by atoms with Gasteiger partial charge in [-0.1, -0.05) is 72.3 Å². The fourth-order valence-corrected chi connectivity index (χ4v) is 9.12. The van der Waals surface area contributed by atoms with Gasteiger partial charge >= 0.3 is 10.9 Å². The zero-order chi connectivity index (χ0) is 35.6. The number of thiophene rings is 2. The van der Waals surface area contributed by atoms with Gasteiger partial charge in [0.2, 0.25) is 5.28 Å². The topological polar surface area (TPSA) is 109 Å². The molecule has 0 amide bonds. The molecule has 0 aliphatic carbocycles. The zero-order valence-electron chi connectivity index (χ0n) is 25.5. The maximum atomic E-state index is 12.1. The summed E-state index contributed by atoms with van der Waals surface area (Å²) >= 11 is 29.6. The molecular formula is C36H18Cl5N4O3PS2. The lowest BCUT2D eigenvalue weighted by molar-refractivity contribution is 0.600. The first kappa shape index (κ1) is 34.3. The molecule has 7 nitrogen and oxygen atoms in total. The number of hydrogen-bond acceptors (Lipinski definition) is 7. The van der Waals surface area contributed by atoms with Gasteiger partial charge in [-0.15, -0.1) is 22.7 Å². The maximum absolute atomic E-state index is 12.1. The summed E-state index contributed by atoms with van der Waals surface area (Å²) in [6, 6.07) is 32.8. The second-order valence-electron chi connectivity index (χ2n) is 11.3. The highest BCUT2D eigenvalue weighted by atomic mass is 36.0. The van der Waals surface area contributed by atoms with Gasteiger partial charge in [0.05, 0.1) is 16.4 Å². The SMILES string of the molecule is Clc1nc(Cl)c2ccc3sc4ccc5ccccc5c4c3c2n1.O=P(Cl)(Cl)Cl.O=c1[nH]c(=O)c2ccc3sc4ccc5ccccc5c4c3c2[nH]1. The van der Waals surface area contributed by atoms with E-state index in [0.29, 0.717) is 16.1 Å². The highest BCUT2D eigenvalue weighted by molar-refractivity contribution is 8.24. The summed E-state index contributed by atoms with van der Waals surface area (Å²) in [4.78, 5) is 37.5. The first-order chi connectivity index (χ1) is 24.4. The van der Waals surface area contributed by atoms with Crippen LogP contribution < -0.4 is 11.2 Å². The monoisotopic (exact) mass is 824 g/mol. The normalized spacial score (nSPS) is 11.9. The Bertz CT molecular complexity index is 3200. The second-order valence-corrected chi connectivity index (χ2v) is 20.8. The largest absolute Gasteiger partial charge is 0.339 e. The van der Waals surface area contributed by atoms with E-state index in [1.807, 2.05) is 24.3 Å². The number of rotatable bonds is 0. The first-order valence-electron chi connectivity index (χ1n) is 15.0. The van der Waals surface area contributed by atoms with E-state index in [0.717, 1.165) is 47.2 Å². The molecular weight excluding hydrogens is 809 g/mol. The van der Waals surface area contributed by atoms with Gasteiger partial charge in [0.1, 0.15) is 5.15 Å². The summed E-state index contributed by atoms with van der Waals surface area (Å²) in [5.41, 5.74) is 0.591. The molecule has 0 fully saturated rings. The van der Waals surface area contributed by atoms with Crippen molar-refractivity contribution >= 4 is 168 Å². The van der Waals surface area contributed by atoms with Crippen molar-refractivity contribution in [1.29, 1.82) is 0 Å². The number of halogens is 5. The number of aromatic nitrogens is 4. The van der Waals surface area contributed by atoms with Crippen molar-refractivity contribution in [2.75, 3.05) is 0 Å². The van der Waals surface area contributed by atoms with E-state index < -0.39 is 10.9 Å². The lowest BCUT2D eigenvalue weighted by atomic mass is 10.0. The Morgan fingerprint density at radius 1 is 0.549 bits per heavy atom. The van der Waals surface area contributed by atoms with Crippen LogP contribution >= 0.6 is 84.8 Å². The number of benzene rings is 6. The summed E-state index contributed by atoms with van der Waals surface area (Å²) in [5.74, 6) is 0. The molecule has 0 atom stereocenters. The van der Waals surface area contributed by atoms with Crippen LogP contribution in [0.2, 0.25) is 10.4 Å². The average Bonchev–Trinajstić information content (AvgIpc) is 3.67. The number of nitrogens with one attached hydrogen (secondary N) is 2. The van der Waals surface area contributed by atoms with Gasteiger partial charge in [0, 0.05) is 45.7 Å². The number of hydrogen-bond donors (Lipinski definition) is 2. The Hall–Kier alpha value is -3.76. The third-order valence-electron chi connectivity index (χ3n) is 8.36. The van der Waals surface area contributed by atoms with Gasteiger partial charge in [-0.25, -0.2) is 14.8 Å². The number of fused-ring (bicyclic) bond motifs is 14. The molecule has 10 rings (SSSR count). The molecule has 0 radical (unpaired) electrons. The van der Waals surface area contributed by atoms with Crippen molar-refractivity contribution in [2.45, 2.75) is 0 Å². The van der Waals surface area contributed by atoms with Crippen LogP contribution in [0.4, 0.5) is 0 Å². The highest BCUT2D eigenvalue weighted by Gasteiger charge is 2.16. The summed E-state index contributed by atoms with van der Waals surface area (Å²) in [6.07, 6.45) is 0. The van der Waals surface area contributed by atoms with E-state index in [2.05, 4.69) is 120 Å². The predicted octanol–water partition coefficient (Wildman–Crippen LogP) is 13.0. The van der Waals surface area contributed by atoms with Crippen LogP contribution in [-0.4, -0.2) is 19.9 Å². The molecule has 4 heterocycles. The van der Waals surface area contributed by atoms with Crippen molar-refractivity contribution in [3.05, 3.63) is 128 Å². The van der Waals surface area contributed by atoms with E-state index in [1.165, 1.54) is 25.6 Å². The summed E-state index contributed by atoms with van der Waals surface area (Å²) < 4.78 is 14.1.